The SMILES string of the molecule is COc1ccc(NC(C)=O)cc1NC(=O)Cc1csc(NC(=O)C2CC2)n1. The summed E-state index contributed by atoms with van der Waals surface area (Å²) in [4.78, 5) is 39.6. The molecule has 0 atom stereocenters. The standard InChI is InChI=1S/C18H20N4O4S/c1-10(23)19-12-5-6-15(26-2)14(7-12)21-16(24)8-13-9-27-18(20-13)22-17(25)11-3-4-11/h5-7,9,11H,3-4,8H2,1-2H3,(H,19,23)(H,21,24)(H,20,22,25). The molecule has 0 aliphatic heterocycles. The molecule has 8 nitrogen and oxygen atoms in total. The summed E-state index contributed by atoms with van der Waals surface area (Å²) in [6, 6.07) is 4.97. The molecule has 142 valence electrons. The van der Waals surface area contributed by atoms with Crippen molar-refractivity contribution >= 4 is 45.6 Å². The van der Waals surface area contributed by atoms with Gasteiger partial charge in [-0.15, -0.1) is 11.3 Å². The van der Waals surface area contributed by atoms with Crippen molar-refractivity contribution in [3.8, 4) is 5.75 Å². The number of rotatable bonds is 7. The molecule has 3 N–H and O–H groups in total. The largest absolute Gasteiger partial charge is 0.495 e. The van der Waals surface area contributed by atoms with Crippen LogP contribution in [0.25, 0.3) is 0 Å². The van der Waals surface area contributed by atoms with E-state index in [9.17, 15) is 14.4 Å². The molecule has 2 aromatic rings. The molecule has 0 radical (unpaired) electrons. The maximum atomic E-state index is 12.4. The highest BCUT2D eigenvalue weighted by molar-refractivity contribution is 7.13. The van der Waals surface area contributed by atoms with E-state index in [-0.39, 0.29) is 30.1 Å². The molecule has 1 saturated carbocycles. The Bertz CT molecular complexity index is 876. The van der Waals surface area contributed by atoms with Gasteiger partial charge in [-0.25, -0.2) is 4.98 Å². The Balaban J connectivity index is 1.62. The lowest BCUT2D eigenvalue weighted by atomic mass is 10.2. The second-order valence-corrected chi connectivity index (χ2v) is 7.09. The monoisotopic (exact) mass is 388 g/mol. The molecule has 0 saturated heterocycles. The quantitative estimate of drug-likeness (QED) is 0.675. The molecule has 3 rings (SSSR count). The number of carbonyl (C=O) groups is 3. The lowest BCUT2D eigenvalue weighted by molar-refractivity contribution is -0.117. The zero-order chi connectivity index (χ0) is 19.4. The molecule has 3 amide bonds. The minimum atomic E-state index is -0.279. The van der Waals surface area contributed by atoms with Crippen LogP contribution in [0.15, 0.2) is 23.6 Å². The van der Waals surface area contributed by atoms with E-state index in [0.717, 1.165) is 12.8 Å². The molecule has 1 fully saturated rings. The smallest absolute Gasteiger partial charge is 0.230 e. The number of nitrogens with one attached hydrogen (secondary N) is 3. The van der Waals surface area contributed by atoms with Crippen LogP contribution in [0.4, 0.5) is 16.5 Å². The first-order valence-corrected chi connectivity index (χ1v) is 9.33. The van der Waals surface area contributed by atoms with Gasteiger partial charge in [-0.3, -0.25) is 14.4 Å². The number of thiazole rings is 1. The molecule has 1 aliphatic carbocycles. The fourth-order valence-electron chi connectivity index (χ4n) is 2.44. The van der Waals surface area contributed by atoms with Crippen LogP contribution < -0.4 is 20.7 Å². The van der Waals surface area contributed by atoms with Gasteiger partial charge >= 0.3 is 0 Å². The van der Waals surface area contributed by atoms with E-state index < -0.39 is 0 Å². The molecular weight excluding hydrogens is 368 g/mol. The van der Waals surface area contributed by atoms with Gasteiger partial charge in [-0.2, -0.15) is 0 Å². The van der Waals surface area contributed by atoms with E-state index in [1.54, 1.807) is 23.6 Å². The molecular formula is C18H20N4O4S. The summed E-state index contributed by atoms with van der Waals surface area (Å²) >= 11 is 1.29. The maximum Gasteiger partial charge on any atom is 0.230 e. The van der Waals surface area contributed by atoms with Crippen LogP contribution >= 0.6 is 11.3 Å². The van der Waals surface area contributed by atoms with E-state index in [2.05, 4.69) is 20.9 Å². The van der Waals surface area contributed by atoms with Gasteiger partial charge in [0.2, 0.25) is 17.7 Å². The lowest BCUT2D eigenvalue weighted by Crippen LogP contribution is -2.16. The average molecular weight is 388 g/mol. The first-order valence-electron chi connectivity index (χ1n) is 8.45. The number of benzene rings is 1. The summed E-state index contributed by atoms with van der Waals surface area (Å²) in [5, 5.41) is 10.4. The summed E-state index contributed by atoms with van der Waals surface area (Å²) in [6.07, 6.45) is 1.90. The van der Waals surface area contributed by atoms with Crippen molar-refractivity contribution in [1.82, 2.24) is 4.98 Å². The maximum absolute atomic E-state index is 12.4. The van der Waals surface area contributed by atoms with Crippen molar-refractivity contribution < 1.29 is 19.1 Å². The fraction of sp³-hybridized carbons (Fsp3) is 0.333. The molecule has 1 aromatic heterocycles. The van der Waals surface area contributed by atoms with Crippen molar-refractivity contribution in [2.75, 3.05) is 23.1 Å². The molecule has 0 spiro atoms. The van der Waals surface area contributed by atoms with Gasteiger partial charge in [0.05, 0.1) is 24.9 Å². The normalized spacial score (nSPS) is 13.0. The Morgan fingerprint density at radius 2 is 2.00 bits per heavy atom. The predicted octanol–water partition coefficient (Wildman–Crippen LogP) is 2.64. The summed E-state index contributed by atoms with van der Waals surface area (Å²) < 4.78 is 5.24. The van der Waals surface area contributed by atoms with E-state index in [4.69, 9.17) is 4.74 Å². The van der Waals surface area contributed by atoms with Gasteiger partial charge in [0, 0.05) is 23.9 Å². The van der Waals surface area contributed by atoms with Gasteiger partial charge in [0.15, 0.2) is 5.13 Å². The summed E-state index contributed by atoms with van der Waals surface area (Å²) in [5.74, 6) is 0.0799. The number of aromatic nitrogens is 1. The zero-order valence-electron chi connectivity index (χ0n) is 15.0. The number of carbonyl (C=O) groups excluding carboxylic acids is 3. The number of ether oxygens (including phenoxy) is 1. The molecule has 0 bridgehead atoms. The second-order valence-electron chi connectivity index (χ2n) is 6.23. The first kappa shape index (κ1) is 18.8. The molecule has 1 heterocycles. The third-order valence-corrected chi connectivity index (χ3v) is 4.67. The summed E-state index contributed by atoms with van der Waals surface area (Å²) in [6.45, 7) is 1.41. The molecule has 0 unspecified atom stereocenters. The van der Waals surface area contributed by atoms with Crippen molar-refractivity contribution in [1.29, 1.82) is 0 Å². The number of hydrogen-bond donors (Lipinski definition) is 3. The van der Waals surface area contributed by atoms with E-state index in [1.807, 2.05) is 0 Å². The topological polar surface area (TPSA) is 109 Å². The Kier molecular flexibility index (Phi) is 5.70. The van der Waals surface area contributed by atoms with Gasteiger partial charge in [0.25, 0.3) is 0 Å². The van der Waals surface area contributed by atoms with Crippen LogP contribution in [-0.4, -0.2) is 29.8 Å². The van der Waals surface area contributed by atoms with Gasteiger partial charge < -0.3 is 20.7 Å². The van der Waals surface area contributed by atoms with Crippen LogP contribution in [-0.2, 0) is 20.8 Å². The molecule has 27 heavy (non-hydrogen) atoms. The van der Waals surface area contributed by atoms with Crippen molar-refractivity contribution in [2.45, 2.75) is 26.2 Å². The number of hydrogen-bond acceptors (Lipinski definition) is 6. The number of nitrogens with zero attached hydrogens (tertiary/aromatic N) is 1. The van der Waals surface area contributed by atoms with Crippen molar-refractivity contribution in [3.63, 3.8) is 0 Å². The molecule has 9 heteroatoms. The van der Waals surface area contributed by atoms with E-state index >= 15 is 0 Å². The summed E-state index contributed by atoms with van der Waals surface area (Å²) in [7, 11) is 1.50. The minimum absolute atomic E-state index is 0.0140. The highest BCUT2D eigenvalue weighted by Gasteiger charge is 2.30. The van der Waals surface area contributed by atoms with Gasteiger partial charge in [-0.1, -0.05) is 0 Å². The third-order valence-electron chi connectivity index (χ3n) is 3.87. The van der Waals surface area contributed by atoms with Crippen LogP contribution in [0.1, 0.15) is 25.5 Å². The fourth-order valence-corrected chi connectivity index (χ4v) is 3.16. The predicted molar refractivity (Wildman–Crippen MR) is 103 cm³/mol. The van der Waals surface area contributed by atoms with Crippen LogP contribution in [0.3, 0.4) is 0 Å². The molecule has 1 aliphatic rings. The number of methoxy groups -OCH3 is 1. The minimum Gasteiger partial charge on any atom is -0.495 e. The zero-order valence-corrected chi connectivity index (χ0v) is 15.8. The van der Waals surface area contributed by atoms with Crippen molar-refractivity contribution in [3.05, 3.63) is 29.3 Å². The number of amides is 3. The van der Waals surface area contributed by atoms with Crippen molar-refractivity contribution in [2.24, 2.45) is 5.92 Å². The lowest BCUT2D eigenvalue weighted by Gasteiger charge is -2.12. The Morgan fingerprint density at radius 1 is 1.22 bits per heavy atom. The van der Waals surface area contributed by atoms with Gasteiger partial charge in [0.1, 0.15) is 5.75 Å². The van der Waals surface area contributed by atoms with Gasteiger partial charge in [-0.05, 0) is 31.0 Å². The van der Waals surface area contributed by atoms with E-state index in [1.165, 1.54) is 25.4 Å². The Hall–Kier alpha value is -2.94. The van der Waals surface area contributed by atoms with Crippen LogP contribution in [0, 0.1) is 5.92 Å². The Labute approximate surface area is 160 Å². The summed E-state index contributed by atoms with van der Waals surface area (Å²) in [5.41, 5.74) is 1.57. The van der Waals surface area contributed by atoms with Crippen LogP contribution in [0.2, 0.25) is 0 Å². The molecule has 1 aromatic carbocycles. The number of anilines is 3. The highest BCUT2D eigenvalue weighted by Crippen LogP contribution is 2.31. The van der Waals surface area contributed by atoms with Crippen LogP contribution in [0.5, 0.6) is 5.75 Å². The highest BCUT2D eigenvalue weighted by atomic mass is 32.1. The second kappa shape index (κ2) is 8.17. The Morgan fingerprint density at radius 3 is 2.67 bits per heavy atom. The van der Waals surface area contributed by atoms with E-state index in [0.29, 0.717) is 27.9 Å². The average Bonchev–Trinajstić information content (AvgIpc) is 3.37. The first-order chi connectivity index (χ1) is 12.9. The third kappa shape index (κ3) is 5.27.